The van der Waals surface area contributed by atoms with E-state index in [9.17, 15) is 0 Å². The van der Waals surface area contributed by atoms with Gasteiger partial charge in [0.1, 0.15) is 0 Å². The van der Waals surface area contributed by atoms with Crippen molar-refractivity contribution in [3.8, 4) is 0 Å². The van der Waals surface area contributed by atoms with Crippen molar-refractivity contribution >= 4 is 5.95 Å². The topological polar surface area (TPSA) is 55.0 Å². The van der Waals surface area contributed by atoms with Gasteiger partial charge in [-0.05, 0) is 31.4 Å². The molecule has 1 saturated carbocycles. The predicted molar refractivity (Wildman–Crippen MR) is 74.7 cm³/mol. The molecule has 0 unspecified atom stereocenters. The van der Waals surface area contributed by atoms with Crippen molar-refractivity contribution < 1.29 is 0 Å². The second-order valence-corrected chi connectivity index (χ2v) is 5.19. The Morgan fingerprint density at radius 3 is 2.33 bits per heavy atom. The van der Waals surface area contributed by atoms with Gasteiger partial charge in [-0.25, -0.2) is 9.97 Å². The molecule has 2 N–H and O–H groups in total. The lowest BCUT2D eigenvalue weighted by atomic mass is 10.1. The summed E-state index contributed by atoms with van der Waals surface area (Å²) in [4.78, 5) is 11.2. The average molecular weight is 248 g/mol. The highest BCUT2D eigenvalue weighted by Gasteiger charge is 2.18. The summed E-state index contributed by atoms with van der Waals surface area (Å²) >= 11 is 0. The fourth-order valence-corrected chi connectivity index (χ4v) is 2.63. The average Bonchev–Trinajstić information content (AvgIpc) is 2.68. The lowest BCUT2D eigenvalue weighted by Crippen LogP contribution is -2.32. The van der Waals surface area contributed by atoms with Crippen LogP contribution in [-0.2, 0) is 6.42 Å². The maximum Gasteiger partial charge on any atom is 0.225 e. The van der Waals surface area contributed by atoms with Crippen LogP contribution in [0.15, 0.2) is 12.4 Å². The van der Waals surface area contributed by atoms with E-state index in [-0.39, 0.29) is 0 Å². The van der Waals surface area contributed by atoms with E-state index in [4.69, 9.17) is 5.73 Å². The molecular weight excluding hydrogens is 224 g/mol. The van der Waals surface area contributed by atoms with Crippen LogP contribution in [0.25, 0.3) is 0 Å². The van der Waals surface area contributed by atoms with Crippen LogP contribution in [0, 0.1) is 0 Å². The zero-order valence-electron chi connectivity index (χ0n) is 11.3. The lowest BCUT2D eigenvalue weighted by Gasteiger charge is -2.27. The quantitative estimate of drug-likeness (QED) is 0.829. The van der Waals surface area contributed by atoms with Gasteiger partial charge in [0.05, 0.1) is 0 Å². The molecule has 1 aromatic heterocycles. The van der Waals surface area contributed by atoms with Gasteiger partial charge in [0, 0.05) is 25.5 Å². The minimum absolute atomic E-state index is 0.604. The van der Waals surface area contributed by atoms with E-state index in [0.717, 1.165) is 17.9 Å². The molecule has 2 rings (SSSR count). The summed E-state index contributed by atoms with van der Waals surface area (Å²) in [6.07, 6.45) is 12.6. The van der Waals surface area contributed by atoms with E-state index in [1.165, 1.54) is 38.5 Å². The van der Waals surface area contributed by atoms with E-state index in [1.54, 1.807) is 0 Å². The maximum atomic E-state index is 5.53. The molecule has 0 radical (unpaired) electrons. The number of nitrogens with zero attached hydrogens (tertiary/aromatic N) is 3. The molecule has 0 bridgehead atoms. The van der Waals surface area contributed by atoms with E-state index >= 15 is 0 Å². The zero-order valence-corrected chi connectivity index (χ0v) is 11.3. The molecule has 0 spiro atoms. The molecule has 0 atom stereocenters. The third kappa shape index (κ3) is 3.42. The van der Waals surface area contributed by atoms with Crippen molar-refractivity contribution in [1.29, 1.82) is 0 Å². The number of nitrogens with two attached hydrogens (primary N) is 1. The number of aromatic nitrogens is 2. The fraction of sp³-hybridized carbons (Fsp3) is 0.714. The summed E-state index contributed by atoms with van der Waals surface area (Å²) < 4.78 is 0. The van der Waals surface area contributed by atoms with Crippen LogP contribution >= 0.6 is 0 Å². The molecule has 1 aliphatic rings. The van der Waals surface area contributed by atoms with Gasteiger partial charge in [0.25, 0.3) is 0 Å². The molecule has 0 aromatic carbocycles. The standard InChI is InChI=1S/C14H24N4/c1-18(13-6-4-2-3-5-7-13)14-16-10-12(8-9-15)11-17-14/h10-11,13H,2-9,15H2,1H3. The number of rotatable bonds is 4. The first kappa shape index (κ1) is 13.3. The van der Waals surface area contributed by atoms with Crippen molar-refractivity contribution in [3.05, 3.63) is 18.0 Å². The zero-order chi connectivity index (χ0) is 12.8. The number of hydrogen-bond donors (Lipinski definition) is 1. The third-order valence-corrected chi connectivity index (χ3v) is 3.81. The molecule has 1 heterocycles. The van der Waals surface area contributed by atoms with Gasteiger partial charge in [0.15, 0.2) is 0 Å². The summed E-state index contributed by atoms with van der Waals surface area (Å²) in [5, 5.41) is 0. The number of anilines is 1. The van der Waals surface area contributed by atoms with Gasteiger partial charge in [0.2, 0.25) is 5.95 Å². The molecule has 4 heteroatoms. The second-order valence-electron chi connectivity index (χ2n) is 5.19. The monoisotopic (exact) mass is 248 g/mol. The summed E-state index contributed by atoms with van der Waals surface area (Å²) in [5.41, 5.74) is 6.65. The Hall–Kier alpha value is -1.16. The normalized spacial score (nSPS) is 17.4. The van der Waals surface area contributed by atoms with E-state index in [2.05, 4.69) is 21.9 Å². The summed E-state index contributed by atoms with van der Waals surface area (Å²) in [5.74, 6) is 0.850. The molecule has 0 saturated heterocycles. The molecule has 100 valence electrons. The summed E-state index contributed by atoms with van der Waals surface area (Å²) in [7, 11) is 2.12. The Morgan fingerprint density at radius 1 is 1.17 bits per heavy atom. The predicted octanol–water partition coefficient (Wildman–Crippen LogP) is 2.14. The van der Waals surface area contributed by atoms with E-state index in [1.807, 2.05) is 12.4 Å². The van der Waals surface area contributed by atoms with Crippen molar-refractivity contribution in [2.24, 2.45) is 5.73 Å². The maximum absolute atomic E-state index is 5.53. The van der Waals surface area contributed by atoms with Gasteiger partial charge in [-0.3, -0.25) is 0 Å². The Morgan fingerprint density at radius 2 is 1.78 bits per heavy atom. The van der Waals surface area contributed by atoms with Crippen molar-refractivity contribution in [1.82, 2.24) is 9.97 Å². The molecule has 18 heavy (non-hydrogen) atoms. The molecule has 1 fully saturated rings. The Balaban J connectivity index is 2.00. The van der Waals surface area contributed by atoms with Gasteiger partial charge in [-0.2, -0.15) is 0 Å². The van der Waals surface area contributed by atoms with Gasteiger partial charge >= 0.3 is 0 Å². The first-order valence-corrected chi connectivity index (χ1v) is 7.05. The van der Waals surface area contributed by atoms with Crippen LogP contribution in [0.4, 0.5) is 5.95 Å². The minimum Gasteiger partial charge on any atom is -0.341 e. The lowest BCUT2D eigenvalue weighted by molar-refractivity contribution is 0.544. The van der Waals surface area contributed by atoms with E-state index in [0.29, 0.717) is 12.6 Å². The highest BCUT2D eigenvalue weighted by atomic mass is 15.2. The fourth-order valence-electron chi connectivity index (χ4n) is 2.63. The smallest absolute Gasteiger partial charge is 0.225 e. The van der Waals surface area contributed by atoms with Crippen LogP contribution < -0.4 is 10.6 Å². The first-order chi connectivity index (χ1) is 8.81. The Labute approximate surface area is 110 Å². The number of hydrogen-bond acceptors (Lipinski definition) is 4. The summed E-state index contributed by atoms with van der Waals surface area (Å²) in [6, 6.07) is 0.604. The van der Waals surface area contributed by atoms with Gasteiger partial charge < -0.3 is 10.6 Å². The minimum atomic E-state index is 0.604. The molecule has 4 nitrogen and oxygen atoms in total. The highest BCUT2D eigenvalue weighted by Crippen LogP contribution is 2.23. The highest BCUT2D eigenvalue weighted by molar-refractivity contribution is 5.30. The molecule has 1 aliphatic carbocycles. The Bertz CT molecular complexity index is 341. The third-order valence-electron chi connectivity index (χ3n) is 3.81. The van der Waals surface area contributed by atoms with Crippen LogP contribution in [0.2, 0.25) is 0 Å². The summed E-state index contributed by atoms with van der Waals surface area (Å²) in [6.45, 7) is 0.654. The first-order valence-electron chi connectivity index (χ1n) is 7.05. The largest absolute Gasteiger partial charge is 0.341 e. The van der Waals surface area contributed by atoms with Crippen LogP contribution in [0.3, 0.4) is 0 Å². The van der Waals surface area contributed by atoms with Crippen molar-refractivity contribution in [3.63, 3.8) is 0 Å². The molecule has 0 aliphatic heterocycles. The van der Waals surface area contributed by atoms with Crippen LogP contribution in [0.1, 0.15) is 44.1 Å². The van der Waals surface area contributed by atoms with Crippen LogP contribution in [-0.4, -0.2) is 29.6 Å². The SMILES string of the molecule is CN(c1ncc(CCN)cn1)C1CCCCCC1. The van der Waals surface area contributed by atoms with E-state index < -0.39 is 0 Å². The molecular formula is C14H24N4. The van der Waals surface area contributed by atoms with Crippen molar-refractivity contribution in [2.75, 3.05) is 18.5 Å². The van der Waals surface area contributed by atoms with Crippen molar-refractivity contribution in [2.45, 2.75) is 51.0 Å². The molecule has 1 aromatic rings. The Kier molecular flexibility index (Phi) is 4.93. The second kappa shape index (κ2) is 6.69. The van der Waals surface area contributed by atoms with Gasteiger partial charge in [-0.15, -0.1) is 0 Å². The van der Waals surface area contributed by atoms with Crippen LogP contribution in [0.5, 0.6) is 0 Å². The van der Waals surface area contributed by atoms with Gasteiger partial charge in [-0.1, -0.05) is 25.7 Å². The molecule has 0 amide bonds.